The standard InChI is InChI=1S/C16H14Cl2N2O/c1-20(9-11-6-7-12(17)13(18)8-11)10-16-19-14-4-2-3-5-15(14)21-16/h2-8H,9-10H2,1H3. The second kappa shape index (κ2) is 6.06. The van der Waals surface area contributed by atoms with Gasteiger partial charge in [-0.2, -0.15) is 0 Å². The van der Waals surface area contributed by atoms with Gasteiger partial charge in [-0.25, -0.2) is 4.98 Å². The number of para-hydroxylation sites is 2. The molecule has 21 heavy (non-hydrogen) atoms. The van der Waals surface area contributed by atoms with Crippen LogP contribution in [0.25, 0.3) is 11.1 Å². The molecule has 2 aromatic carbocycles. The predicted octanol–water partition coefficient (Wildman–Crippen LogP) is 4.77. The number of halogens is 2. The highest BCUT2D eigenvalue weighted by Gasteiger charge is 2.09. The molecule has 0 aliphatic heterocycles. The van der Waals surface area contributed by atoms with Crippen molar-refractivity contribution in [2.24, 2.45) is 0 Å². The van der Waals surface area contributed by atoms with Gasteiger partial charge in [-0.3, -0.25) is 4.90 Å². The van der Waals surface area contributed by atoms with Gasteiger partial charge < -0.3 is 4.42 Å². The molecule has 3 aromatic rings. The van der Waals surface area contributed by atoms with Crippen molar-refractivity contribution < 1.29 is 4.42 Å². The average molecular weight is 321 g/mol. The van der Waals surface area contributed by atoms with E-state index in [2.05, 4.69) is 9.88 Å². The molecule has 1 aromatic heterocycles. The summed E-state index contributed by atoms with van der Waals surface area (Å²) in [5.41, 5.74) is 2.80. The van der Waals surface area contributed by atoms with Gasteiger partial charge in [0, 0.05) is 6.54 Å². The minimum Gasteiger partial charge on any atom is -0.439 e. The molecule has 0 unspecified atom stereocenters. The van der Waals surface area contributed by atoms with Crippen LogP contribution >= 0.6 is 23.2 Å². The Bertz CT molecular complexity index is 737. The quantitative estimate of drug-likeness (QED) is 0.693. The molecule has 0 bridgehead atoms. The molecule has 0 amide bonds. The summed E-state index contributed by atoms with van der Waals surface area (Å²) in [4.78, 5) is 6.59. The van der Waals surface area contributed by atoms with Gasteiger partial charge in [-0.05, 0) is 36.9 Å². The Morgan fingerprint density at radius 1 is 1.05 bits per heavy atom. The van der Waals surface area contributed by atoms with Crippen LogP contribution in [-0.2, 0) is 13.1 Å². The van der Waals surface area contributed by atoms with Gasteiger partial charge in [0.15, 0.2) is 5.58 Å². The highest BCUT2D eigenvalue weighted by molar-refractivity contribution is 6.42. The molecule has 0 radical (unpaired) electrons. The lowest BCUT2D eigenvalue weighted by atomic mass is 10.2. The fraction of sp³-hybridized carbons (Fsp3) is 0.188. The van der Waals surface area contributed by atoms with Crippen molar-refractivity contribution in [1.29, 1.82) is 0 Å². The summed E-state index contributed by atoms with van der Waals surface area (Å²) < 4.78 is 5.72. The summed E-state index contributed by atoms with van der Waals surface area (Å²) in [6.45, 7) is 1.38. The van der Waals surface area contributed by atoms with Crippen molar-refractivity contribution in [1.82, 2.24) is 9.88 Å². The molecule has 0 atom stereocenters. The van der Waals surface area contributed by atoms with Crippen molar-refractivity contribution >= 4 is 34.3 Å². The van der Waals surface area contributed by atoms with Gasteiger partial charge in [-0.1, -0.05) is 41.4 Å². The zero-order valence-electron chi connectivity index (χ0n) is 11.5. The number of hydrogen-bond acceptors (Lipinski definition) is 3. The SMILES string of the molecule is CN(Cc1ccc(Cl)c(Cl)c1)Cc1nc2ccccc2o1. The van der Waals surface area contributed by atoms with Crippen LogP contribution in [-0.4, -0.2) is 16.9 Å². The summed E-state index contributed by atoms with van der Waals surface area (Å²) in [6, 6.07) is 13.4. The average Bonchev–Trinajstić information content (AvgIpc) is 2.84. The van der Waals surface area contributed by atoms with Crippen molar-refractivity contribution in [2.75, 3.05) is 7.05 Å². The molecule has 108 valence electrons. The Labute approximate surface area is 133 Å². The van der Waals surface area contributed by atoms with Gasteiger partial charge in [0.05, 0.1) is 16.6 Å². The van der Waals surface area contributed by atoms with E-state index in [0.717, 1.165) is 23.2 Å². The molecule has 0 aliphatic carbocycles. The monoisotopic (exact) mass is 320 g/mol. The number of nitrogens with zero attached hydrogens (tertiary/aromatic N) is 2. The topological polar surface area (TPSA) is 29.3 Å². The molecule has 5 heteroatoms. The van der Waals surface area contributed by atoms with Crippen LogP contribution in [0.3, 0.4) is 0 Å². The van der Waals surface area contributed by atoms with Crippen LogP contribution < -0.4 is 0 Å². The minimum absolute atomic E-state index is 0.571. The lowest BCUT2D eigenvalue weighted by Crippen LogP contribution is -2.17. The molecule has 1 heterocycles. The van der Waals surface area contributed by atoms with Crippen molar-refractivity contribution in [3.8, 4) is 0 Å². The molecule has 0 fully saturated rings. The first-order chi connectivity index (χ1) is 10.1. The Kier molecular flexibility index (Phi) is 4.15. The fourth-order valence-electron chi connectivity index (χ4n) is 2.22. The van der Waals surface area contributed by atoms with E-state index in [1.807, 2.05) is 49.5 Å². The molecule has 0 saturated heterocycles. The van der Waals surface area contributed by atoms with E-state index in [-0.39, 0.29) is 0 Å². The van der Waals surface area contributed by atoms with Crippen molar-refractivity contribution in [3.05, 3.63) is 64.0 Å². The van der Waals surface area contributed by atoms with Crippen LogP contribution in [0.15, 0.2) is 46.9 Å². The van der Waals surface area contributed by atoms with Crippen molar-refractivity contribution in [2.45, 2.75) is 13.1 Å². The summed E-state index contributed by atoms with van der Waals surface area (Å²) in [6.07, 6.45) is 0. The minimum atomic E-state index is 0.571. The molecule has 0 N–H and O–H groups in total. The molecular formula is C16H14Cl2N2O. The Morgan fingerprint density at radius 2 is 1.86 bits per heavy atom. The first-order valence-electron chi connectivity index (χ1n) is 6.59. The van der Waals surface area contributed by atoms with Gasteiger partial charge in [0.1, 0.15) is 5.52 Å². The van der Waals surface area contributed by atoms with E-state index in [1.54, 1.807) is 0 Å². The maximum absolute atomic E-state index is 6.03. The highest BCUT2D eigenvalue weighted by atomic mass is 35.5. The number of benzene rings is 2. The summed E-state index contributed by atoms with van der Waals surface area (Å²) in [5.74, 6) is 0.707. The normalized spacial score (nSPS) is 11.4. The van der Waals surface area contributed by atoms with E-state index in [0.29, 0.717) is 22.5 Å². The molecule has 0 saturated carbocycles. The number of aromatic nitrogens is 1. The number of oxazole rings is 1. The van der Waals surface area contributed by atoms with E-state index >= 15 is 0 Å². The van der Waals surface area contributed by atoms with Crippen LogP contribution in [0.5, 0.6) is 0 Å². The predicted molar refractivity (Wildman–Crippen MR) is 85.6 cm³/mol. The fourth-order valence-corrected chi connectivity index (χ4v) is 2.54. The Hall–Kier alpha value is -1.55. The third kappa shape index (κ3) is 3.38. The van der Waals surface area contributed by atoms with E-state index in [9.17, 15) is 0 Å². The van der Waals surface area contributed by atoms with Gasteiger partial charge >= 0.3 is 0 Å². The summed E-state index contributed by atoms with van der Waals surface area (Å²) in [7, 11) is 2.01. The van der Waals surface area contributed by atoms with Gasteiger partial charge in [0.2, 0.25) is 5.89 Å². The van der Waals surface area contributed by atoms with Crippen LogP contribution in [0.2, 0.25) is 10.0 Å². The maximum atomic E-state index is 6.03. The zero-order valence-corrected chi connectivity index (χ0v) is 13.0. The second-order valence-corrected chi connectivity index (χ2v) is 5.81. The largest absolute Gasteiger partial charge is 0.439 e. The third-order valence-corrected chi connectivity index (χ3v) is 3.92. The third-order valence-electron chi connectivity index (χ3n) is 3.18. The molecule has 0 aliphatic rings. The smallest absolute Gasteiger partial charge is 0.209 e. The number of fused-ring (bicyclic) bond motifs is 1. The molecular weight excluding hydrogens is 307 g/mol. The summed E-state index contributed by atoms with van der Waals surface area (Å²) in [5, 5.41) is 1.14. The lowest BCUT2D eigenvalue weighted by molar-refractivity contribution is 0.285. The molecule has 3 nitrogen and oxygen atoms in total. The zero-order chi connectivity index (χ0) is 14.8. The highest BCUT2D eigenvalue weighted by Crippen LogP contribution is 2.23. The molecule has 0 spiro atoms. The number of hydrogen-bond donors (Lipinski definition) is 0. The van der Waals surface area contributed by atoms with Crippen molar-refractivity contribution in [3.63, 3.8) is 0 Å². The summed E-state index contributed by atoms with van der Waals surface area (Å²) >= 11 is 12.0. The second-order valence-electron chi connectivity index (χ2n) is 5.00. The Balaban J connectivity index is 1.70. The van der Waals surface area contributed by atoms with E-state index in [1.165, 1.54) is 0 Å². The molecule has 3 rings (SSSR count). The van der Waals surface area contributed by atoms with Gasteiger partial charge in [0.25, 0.3) is 0 Å². The van der Waals surface area contributed by atoms with E-state index < -0.39 is 0 Å². The maximum Gasteiger partial charge on any atom is 0.209 e. The first kappa shape index (κ1) is 14.4. The van der Waals surface area contributed by atoms with Crippen LogP contribution in [0.1, 0.15) is 11.5 Å². The number of rotatable bonds is 4. The van der Waals surface area contributed by atoms with Crippen LogP contribution in [0.4, 0.5) is 0 Å². The van der Waals surface area contributed by atoms with Crippen LogP contribution in [0, 0.1) is 0 Å². The van der Waals surface area contributed by atoms with Gasteiger partial charge in [-0.15, -0.1) is 0 Å². The Morgan fingerprint density at radius 3 is 2.62 bits per heavy atom. The first-order valence-corrected chi connectivity index (χ1v) is 7.34. The lowest BCUT2D eigenvalue weighted by Gasteiger charge is -2.14. The van der Waals surface area contributed by atoms with E-state index in [4.69, 9.17) is 27.6 Å².